The second-order valence-corrected chi connectivity index (χ2v) is 13.3. The number of hydrogen-bond acceptors (Lipinski definition) is 2. The molecule has 0 spiro atoms. The largest absolute Gasteiger partial charge is 0.305 e. The topological polar surface area (TPSA) is 25.8 Å². The van der Waals surface area contributed by atoms with Gasteiger partial charge in [0.2, 0.25) is 0 Å². The number of rotatable bonds is 2. The Morgan fingerprint density at radius 2 is 1.14 bits per heavy atom. The number of nitrogens with zero attached hydrogens (tertiary/aromatic N) is 2. The molecule has 239 valence electrons. The summed E-state index contributed by atoms with van der Waals surface area (Å²) in [5.41, 5.74) is 5.51. The first kappa shape index (κ1) is 32.3. The monoisotopic (exact) mass is 807 g/mol. The molecule has 7 aromatic carbocycles. The summed E-state index contributed by atoms with van der Waals surface area (Å²) in [5, 5.41) is 12.5. The molecule has 0 fully saturated rings. The molecular formula is C46H34IrN2-2. The van der Waals surface area contributed by atoms with E-state index in [4.69, 9.17) is 4.98 Å². The molecule has 2 nitrogen and oxygen atoms in total. The maximum Gasteiger partial charge on any atom is 0.0167 e. The molecule has 0 atom stereocenters. The summed E-state index contributed by atoms with van der Waals surface area (Å²) in [6.07, 6.45) is 3.72. The van der Waals surface area contributed by atoms with Crippen molar-refractivity contribution in [2.75, 3.05) is 0 Å². The number of aromatic nitrogens is 2. The van der Waals surface area contributed by atoms with Crippen LogP contribution in [0, 0.1) is 12.1 Å². The molecule has 0 aliphatic rings. The Morgan fingerprint density at radius 1 is 0.469 bits per heavy atom. The first-order chi connectivity index (χ1) is 23.4. The van der Waals surface area contributed by atoms with E-state index in [0.29, 0.717) is 0 Å². The normalized spacial score (nSPS) is 11.4. The molecule has 0 unspecified atom stereocenters. The van der Waals surface area contributed by atoms with Crippen molar-refractivity contribution in [1.82, 2.24) is 9.97 Å². The molecule has 0 aliphatic heterocycles. The summed E-state index contributed by atoms with van der Waals surface area (Å²) in [7, 11) is 0. The smallest absolute Gasteiger partial charge is 0.0167 e. The van der Waals surface area contributed by atoms with Gasteiger partial charge in [-0.3, -0.25) is 0 Å². The zero-order chi connectivity index (χ0) is 32.7. The number of pyridine rings is 2. The van der Waals surface area contributed by atoms with Gasteiger partial charge >= 0.3 is 0 Å². The van der Waals surface area contributed by atoms with Gasteiger partial charge in [-0.15, -0.1) is 65.0 Å². The Labute approximate surface area is 300 Å². The predicted octanol–water partition coefficient (Wildman–Crippen LogP) is 12.2. The third-order valence-electron chi connectivity index (χ3n) is 9.21. The summed E-state index contributed by atoms with van der Waals surface area (Å²) in [5.74, 6) is 0. The Balaban J connectivity index is 0.000000246. The summed E-state index contributed by atoms with van der Waals surface area (Å²) in [6, 6.07) is 55.7. The molecule has 3 heteroatoms. The Hall–Kier alpha value is -5.21. The van der Waals surface area contributed by atoms with Gasteiger partial charge in [0.1, 0.15) is 0 Å². The van der Waals surface area contributed by atoms with Crippen LogP contribution in [0.5, 0.6) is 0 Å². The maximum absolute atomic E-state index is 4.82. The first-order valence-electron chi connectivity index (χ1n) is 16.4. The molecule has 0 N–H and O–H groups in total. The molecule has 49 heavy (non-hydrogen) atoms. The van der Waals surface area contributed by atoms with Crippen molar-refractivity contribution < 1.29 is 20.1 Å². The van der Waals surface area contributed by atoms with E-state index < -0.39 is 0 Å². The third kappa shape index (κ3) is 6.24. The zero-order valence-corrected chi connectivity index (χ0v) is 30.1. The molecule has 1 radical (unpaired) electrons. The molecule has 9 aromatic rings. The van der Waals surface area contributed by atoms with Crippen LogP contribution in [0.1, 0.15) is 26.3 Å². The average Bonchev–Trinajstić information content (AvgIpc) is 3.14. The van der Waals surface area contributed by atoms with Crippen LogP contribution in [0.4, 0.5) is 0 Å². The van der Waals surface area contributed by atoms with Crippen LogP contribution >= 0.6 is 0 Å². The van der Waals surface area contributed by atoms with E-state index >= 15 is 0 Å². The van der Waals surface area contributed by atoms with Gasteiger partial charge in [0.15, 0.2) is 0 Å². The van der Waals surface area contributed by atoms with Crippen molar-refractivity contribution >= 4 is 53.9 Å². The van der Waals surface area contributed by atoms with Gasteiger partial charge in [0.05, 0.1) is 0 Å². The van der Waals surface area contributed by atoms with Crippen LogP contribution in [0.15, 0.2) is 152 Å². The van der Waals surface area contributed by atoms with Crippen molar-refractivity contribution in [3.8, 4) is 22.5 Å². The van der Waals surface area contributed by atoms with E-state index in [1.54, 1.807) is 6.20 Å². The van der Waals surface area contributed by atoms with Gasteiger partial charge in [-0.1, -0.05) is 123 Å². The van der Waals surface area contributed by atoms with E-state index in [-0.39, 0.29) is 25.5 Å². The summed E-state index contributed by atoms with van der Waals surface area (Å²) in [4.78, 5) is 9.04. The second kappa shape index (κ2) is 13.4. The SMILES string of the molecule is CC(C)(C)c1ccc2c(ccc3cc(-c4nccc5c4ccc4c6ccccc6ccc54)[c-]cc32)c1.[Ir].[c-]1ccccc1-c1ccccn1. The fourth-order valence-corrected chi connectivity index (χ4v) is 6.65. The van der Waals surface area contributed by atoms with E-state index in [1.165, 1.54) is 54.0 Å². The van der Waals surface area contributed by atoms with Crippen molar-refractivity contribution in [3.63, 3.8) is 0 Å². The Morgan fingerprint density at radius 3 is 1.94 bits per heavy atom. The van der Waals surface area contributed by atoms with Gasteiger partial charge in [-0.05, 0) is 72.2 Å². The van der Waals surface area contributed by atoms with Gasteiger partial charge in [-0.2, -0.15) is 0 Å². The first-order valence-corrected chi connectivity index (χ1v) is 16.4. The molecule has 2 heterocycles. The van der Waals surface area contributed by atoms with E-state index in [9.17, 15) is 0 Å². The van der Waals surface area contributed by atoms with Crippen LogP contribution in [-0.4, -0.2) is 9.97 Å². The van der Waals surface area contributed by atoms with Crippen LogP contribution in [0.3, 0.4) is 0 Å². The fraction of sp³-hybridized carbons (Fsp3) is 0.0870. The van der Waals surface area contributed by atoms with Crippen LogP contribution in [0.25, 0.3) is 76.4 Å². The average molecular weight is 807 g/mol. The van der Waals surface area contributed by atoms with E-state index in [2.05, 4.69) is 135 Å². The molecule has 9 rings (SSSR count). The van der Waals surface area contributed by atoms with E-state index in [1.807, 2.05) is 48.7 Å². The number of hydrogen-bond donors (Lipinski definition) is 0. The van der Waals surface area contributed by atoms with Crippen molar-refractivity contribution in [3.05, 3.63) is 170 Å². The van der Waals surface area contributed by atoms with E-state index in [0.717, 1.165) is 27.9 Å². The van der Waals surface area contributed by atoms with Crippen LogP contribution in [-0.2, 0) is 25.5 Å². The minimum Gasteiger partial charge on any atom is -0.305 e. The minimum absolute atomic E-state index is 0. The fourth-order valence-electron chi connectivity index (χ4n) is 6.65. The molecule has 0 saturated carbocycles. The van der Waals surface area contributed by atoms with Gasteiger partial charge in [-0.25, -0.2) is 0 Å². The second-order valence-electron chi connectivity index (χ2n) is 13.3. The van der Waals surface area contributed by atoms with Crippen molar-refractivity contribution in [2.45, 2.75) is 26.2 Å². The minimum atomic E-state index is 0. The molecular weight excluding hydrogens is 773 g/mol. The Kier molecular flexibility index (Phi) is 8.82. The summed E-state index contributed by atoms with van der Waals surface area (Å²) < 4.78 is 0. The maximum atomic E-state index is 4.82. The summed E-state index contributed by atoms with van der Waals surface area (Å²) >= 11 is 0. The number of benzene rings is 7. The molecule has 2 aromatic heterocycles. The standard InChI is InChI=1S/C35H26N.C11H8N.Ir/c1-35(2,3)26-12-15-29-24(21-26)9-8-23-20-25(11-13-28(23)29)34-33-17-16-30-27-7-5-4-6-22(27)10-14-31(30)32(33)18-19-36-34;1-2-6-10(7-3-1)11-8-4-5-9-12-11;/h4-10,12-21H,1-3H3;1-6,8-9H;/q2*-1;. The van der Waals surface area contributed by atoms with Crippen molar-refractivity contribution in [1.29, 1.82) is 0 Å². The third-order valence-corrected chi connectivity index (χ3v) is 9.21. The zero-order valence-electron chi connectivity index (χ0n) is 27.7. The number of fused-ring (bicyclic) bond motifs is 8. The predicted molar refractivity (Wildman–Crippen MR) is 203 cm³/mol. The van der Waals surface area contributed by atoms with Gasteiger partial charge in [0.25, 0.3) is 0 Å². The van der Waals surface area contributed by atoms with Crippen LogP contribution in [0.2, 0.25) is 0 Å². The van der Waals surface area contributed by atoms with Crippen molar-refractivity contribution in [2.24, 2.45) is 0 Å². The Bertz CT molecular complexity index is 2550. The van der Waals surface area contributed by atoms with Gasteiger partial charge in [0, 0.05) is 32.5 Å². The van der Waals surface area contributed by atoms with Gasteiger partial charge < -0.3 is 9.97 Å². The molecule has 0 amide bonds. The quantitative estimate of drug-likeness (QED) is 0.128. The molecule has 0 saturated heterocycles. The van der Waals surface area contributed by atoms with Crippen LogP contribution < -0.4 is 0 Å². The molecule has 0 bridgehead atoms. The molecule has 0 aliphatic carbocycles. The summed E-state index contributed by atoms with van der Waals surface area (Å²) in [6.45, 7) is 6.79.